The molecule has 3 rings (SSSR count). The maximum Gasteiger partial charge on any atom is 0.284 e. The SMILES string of the molecule is COc1ccc(-c2ccc(/C=N\NC(=O)CNc3ccc(Br)cc3)o2)c([N+](=O)[O-])c1. The minimum atomic E-state index is -0.507. The molecule has 0 atom stereocenters. The van der Waals surface area contributed by atoms with Gasteiger partial charge in [0, 0.05) is 10.2 Å². The third kappa shape index (κ3) is 5.45. The number of methoxy groups -OCH3 is 1. The molecular weight excluding hydrogens is 456 g/mol. The Balaban J connectivity index is 1.60. The number of benzene rings is 2. The van der Waals surface area contributed by atoms with Crippen molar-refractivity contribution in [2.45, 2.75) is 0 Å². The maximum absolute atomic E-state index is 11.9. The topological polar surface area (TPSA) is 119 Å². The van der Waals surface area contributed by atoms with Gasteiger partial charge in [0.2, 0.25) is 0 Å². The molecule has 0 radical (unpaired) electrons. The molecule has 0 unspecified atom stereocenters. The molecule has 1 amide bonds. The summed E-state index contributed by atoms with van der Waals surface area (Å²) in [4.78, 5) is 22.7. The largest absolute Gasteiger partial charge is 0.497 e. The Morgan fingerprint density at radius 2 is 2.00 bits per heavy atom. The van der Waals surface area contributed by atoms with Gasteiger partial charge < -0.3 is 14.5 Å². The second kappa shape index (κ2) is 9.70. The summed E-state index contributed by atoms with van der Waals surface area (Å²) in [5.41, 5.74) is 3.35. The van der Waals surface area contributed by atoms with Gasteiger partial charge in [-0.3, -0.25) is 14.9 Å². The van der Waals surface area contributed by atoms with Crippen LogP contribution in [0, 0.1) is 10.1 Å². The zero-order valence-electron chi connectivity index (χ0n) is 15.8. The van der Waals surface area contributed by atoms with E-state index in [1.165, 1.54) is 19.4 Å². The Morgan fingerprint density at radius 1 is 1.23 bits per heavy atom. The van der Waals surface area contributed by atoms with Gasteiger partial charge in [-0.05, 0) is 48.5 Å². The summed E-state index contributed by atoms with van der Waals surface area (Å²) in [6, 6.07) is 15.1. The Morgan fingerprint density at radius 3 is 2.70 bits per heavy atom. The van der Waals surface area contributed by atoms with Gasteiger partial charge in [-0.25, -0.2) is 5.43 Å². The number of carbonyl (C=O) groups excluding carboxylic acids is 1. The van der Waals surface area contributed by atoms with Crippen LogP contribution < -0.4 is 15.5 Å². The average Bonchev–Trinajstić information content (AvgIpc) is 3.21. The average molecular weight is 473 g/mol. The standard InChI is InChI=1S/C20H17BrN4O5/c1-29-15-6-8-17(18(10-15)25(27)28)19-9-7-16(30-19)11-23-24-20(26)12-22-14-4-2-13(21)3-5-14/h2-11,22H,12H2,1H3,(H,24,26)/b23-11-. The van der Waals surface area contributed by atoms with Crippen LogP contribution in [0.5, 0.6) is 5.75 Å². The third-order valence-electron chi connectivity index (χ3n) is 3.97. The summed E-state index contributed by atoms with van der Waals surface area (Å²) in [6.45, 7) is 0.0421. The number of hydrazone groups is 1. The Bertz CT molecular complexity index is 1080. The molecule has 2 N–H and O–H groups in total. The van der Waals surface area contributed by atoms with Crippen LogP contribution in [-0.4, -0.2) is 30.7 Å². The normalized spacial score (nSPS) is 10.7. The number of anilines is 1. The Hall–Kier alpha value is -3.66. The lowest BCUT2D eigenvalue weighted by Gasteiger charge is -2.04. The molecule has 0 aliphatic heterocycles. The second-order valence-corrected chi connectivity index (χ2v) is 6.91. The summed E-state index contributed by atoms with van der Waals surface area (Å²) in [7, 11) is 1.43. The lowest BCUT2D eigenvalue weighted by atomic mass is 10.1. The number of amides is 1. The summed E-state index contributed by atoms with van der Waals surface area (Å²) in [6.07, 6.45) is 1.32. The molecule has 154 valence electrons. The smallest absolute Gasteiger partial charge is 0.284 e. The molecule has 0 aliphatic rings. The summed E-state index contributed by atoms with van der Waals surface area (Å²) in [5, 5.41) is 18.1. The van der Waals surface area contributed by atoms with E-state index in [1.54, 1.807) is 24.3 Å². The number of furan rings is 1. The van der Waals surface area contributed by atoms with Gasteiger partial charge >= 0.3 is 0 Å². The van der Waals surface area contributed by atoms with E-state index in [2.05, 4.69) is 31.8 Å². The molecule has 3 aromatic rings. The van der Waals surface area contributed by atoms with Crippen molar-refractivity contribution in [2.24, 2.45) is 5.10 Å². The fraction of sp³-hybridized carbons (Fsp3) is 0.100. The molecule has 0 spiro atoms. The molecule has 0 bridgehead atoms. The molecule has 10 heteroatoms. The van der Waals surface area contributed by atoms with Crippen molar-refractivity contribution in [3.63, 3.8) is 0 Å². The lowest BCUT2D eigenvalue weighted by molar-refractivity contribution is -0.384. The zero-order chi connectivity index (χ0) is 21.5. The molecule has 0 saturated heterocycles. The maximum atomic E-state index is 11.9. The number of nitrogens with one attached hydrogen (secondary N) is 2. The predicted molar refractivity (Wildman–Crippen MR) is 116 cm³/mol. The molecule has 0 aliphatic carbocycles. The van der Waals surface area contributed by atoms with Crippen LogP contribution in [0.15, 0.2) is 68.6 Å². The first-order valence-electron chi connectivity index (χ1n) is 8.70. The second-order valence-electron chi connectivity index (χ2n) is 6.00. The molecule has 0 saturated carbocycles. The number of nitrogens with zero attached hydrogens (tertiary/aromatic N) is 2. The van der Waals surface area contributed by atoms with Crippen molar-refractivity contribution >= 4 is 39.4 Å². The van der Waals surface area contributed by atoms with Gasteiger partial charge in [0.1, 0.15) is 17.3 Å². The van der Waals surface area contributed by atoms with E-state index in [0.29, 0.717) is 22.8 Å². The lowest BCUT2D eigenvalue weighted by Crippen LogP contribution is -2.25. The van der Waals surface area contributed by atoms with Crippen molar-refractivity contribution in [1.82, 2.24) is 5.43 Å². The monoisotopic (exact) mass is 472 g/mol. The first-order valence-corrected chi connectivity index (χ1v) is 9.49. The summed E-state index contributed by atoms with van der Waals surface area (Å²) >= 11 is 3.34. The Labute approximate surface area is 180 Å². The van der Waals surface area contributed by atoms with E-state index in [0.717, 1.165) is 10.2 Å². The first-order chi connectivity index (χ1) is 14.5. The Kier molecular flexibility index (Phi) is 6.81. The van der Waals surface area contributed by atoms with Crippen LogP contribution in [0.1, 0.15) is 5.76 Å². The van der Waals surface area contributed by atoms with E-state index < -0.39 is 4.92 Å². The quantitative estimate of drug-likeness (QED) is 0.288. The number of hydrogen-bond donors (Lipinski definition) is 2. The number of carbonyl (C=O) groups is 1. The van der Waals surface area contributed by atoms with E-state index in [-0.39, 0.29) is 18.1 Å². The molecule has 2 aromatic carbocycles. The third-order valence-corrected chi connectivity index (χ3v) is 4.50. The van der Waals surface area contributed by atoms with E-state index in [1.807, 2.05) is 24.3 Å². The summed E-state index contributed by atoms with van der Waals surface area (Å²) < 4.78 is 11.6. The number of nitro groups is 1. The highest BCUT2D eigenvalue weighted by Gasteiger charge is 2.19. The summed E-state index contributed by atoms with van der Waals surface area (Å²) in [5.74, 6) is 0.662. The minimum Gasteiger partial charge on any atom is -0.497 e. The predicted octanol–water partition coefficient (Wildman–Crippen LogP) is 4.19. The van der Waals surface area contributed by atoms with Crippen LogP contribution in [-0.2, 0) is 4.79 Å². The molecule has 1 aromatic heterocycles. The number of hydrogen-bond acceptors (Lipinski definition) is 7. The molecular formula is C20H17BrN4O5. The molecule has 0 fully saturated rings. The highest BCUT2D eigenvalue weighted by molar-refractivity contribution is 9.10. The molecule has 1 heterocycles. The van der Waals surface area contributed by atoms with Gasteiger partial charge in [-0.15, -0.1) is 0 Å². The first kappa shape index (κ1) is 21.1. The fourth-order valence-electron chi connectivity index (χ4n) is 2.52. The van der Waals surface area contributed by atoms with Crippen molar-refractivity contribution in [3.8, 4) is 17.1 Å². The van der Waals surface area contributed by atoms with Gasteiger partial charge in [-0.2, -0.15) is 5.10 Å². The minimum absolute atomic E-state index is 0.0421. The van der Waals surface area contributed by atoms with Gasteiger partial charge in [0.15, 0.2) is 0 Å². The van der Waals surface area contributed by atoms with Crippen LogP contribution >= 0.6 is 15.9 Å². The molecule has 9 nitrogen and oxygen atoms in total. The van der Waals surface area contributed by atoms with Crippen LogP contribution in [0.2, 0.25) is 0 Å². The number of nitro benzene ring substituents is 1. The van der Waals surface area contributed by atoms with Crippen molar-refractivity contribution in [1.29, 1.82) is 0 Å². The van der Waals surface area contributed by atoms with Crippen molar-refractivity contribution < 1.29 is 18.9 Å². The highest BCUT2D eigenvalue weighted by Crippen LogP contribution is 2.33. The van der Waals surface area contributed by atoms with Gasteiger partial charge in [0.05, 0.1) is 36.4 Å². The number of rotatable bonds is 8. The zero-order valence-corrected chi connectivity index (χ0v) is 17.4. The van der Waals surface area contributed by atoms with Gasteiger partial charge in [-0.1, -0.05) is 15.9 Å². The van der Waals surface area contributed by atoms with Crippen molar-refractivity contribution in [2.75, 3.05) is 19.0 Å². The fourth-order valence-corrected chi connectivity index (χ4v) is 2.79. The van der Waals surface area contributed by atoms with E-state index in [9.17, 15) is 14.9 Å². The number of ether oxygens (including phenoxy) is 1. The number of halogens is 1. The highest BCUT2D eigenvalue weighted by atomic mass is 79.9. The molecule has 30 heavy (non-hydrogen) atoms. The van der Waals surface area contributed by atoms with E-state index in [4.69, 9.17) is 9.15 Å². The van der Waals surface area contributed by atoms with Crippen LogP contribution in [0.25, 0.3) is 11.3 Å². The van der Waals surface area contributed by atoms with Crippen molar-refractivity contribution in [3.05, 3.63) is 74.9 Å². The van der Waals surface area contributed by atoms with Crippen LogP contribution in [0.4, 0.5) is 11.4 Å². The van der Waals surface area contributed by atoms with E-state index >= 15 is 0 Å². The van der Waals surface area contributed by atoms with Crippen LogP contribution in [0.3, 0.4) is 0 Å². The van der Waals surface area contributed by atoms with Gasteiger partial charge in [0.25, 0.3) is 11.6 Å².